The molecule has 2 aliphatic heterocycles. The molecule has 2 saturated heterocycles. The number of carbonyl (C=O) groups is 2. The van der Waals surface area contributed by atoms with Crippen LogP contribution in [0.15, 0.2) is 48.5 Å². The maximum absolute atomic E-state index is 13.4. The molecule has 2 fully saturated rings. The van der Waals surface area contributed by atoms with Crippen LogP contribution in [-0.4, -0.2) is 86.4 Å². The van der Waals surface area contributed by atoms with E-state index < -0.39 is 5.60 Å². The lowest BCUT2D eigenvalue weighted by molar-refractivity contribution is -0.155. The first-order valence-corrected chi connectivity index (χ1v) is 13.1. The number of hydrogen-bond donors (Lipinski definition) is 0. The SMILES string of the molecule is CC(C)COc1ccc(C(=O)N2CCO[C@](COc3cccc(Cl)c3)(CC(=O)N3CCOCC3)C2)cc1. The molecule has 4 rings (SSSR count). The third-order valence-electron chi connectivity index (χ3n) is 6.36. The molecule has 8 nitrogen and oxygen atoms in total. The Morgan fingerprint density at radius 2 is 1.70 bits per heavy atom. The van der Waals surface area contributed by atoms with E-state index in [0.29, 0.717) is 68.3 Å². The van der Waals surface area contributed by atoms with Gasteiger partial charge in [0.2, 0.25) is 5.91 Å². The fourth-order valence-electron chi connectivity index (χ4n) is 4.37. The Morgan fingerprint density at radius 1 is 0.973 bits per heavy atom. The number of benzene rings is 2. The summed E-state index contributed by atoms with van der Waals surface area (Å²) in [6, 6.07) is 14.3. The summed E-state index contributed by atoms with van der Waals surface area (Å²) in [7, 11) is 0. The third-order valence-corrected chi connectivity index (χ3v) is 6.59. The third kappa shape index (κ3) is 7.60. The molecule has 9 heteroatoms. The molecule has 0 bridgehead atoms. The Labute approximate surface area is 223 Å². The van der Waals surface area contributed by atoms with E-state index >= 15 is 0 Å². The van der Waals surface area contributed by atoms with Crippen LogP contribution in [0.25, 0.3) is 0 Å². The van der Waals surface area contributed by atoms with E-state index in [4.69, 9.17) is 30.5 Å². The number of morpholine rings is 2. The summed E-state index contributed by atoms with van der Waals surface area (Å²) in [5.41, 5.74) is -0.436. The zero-order chi connectivity index (χ0) is 26.3. The van der Waals surface area contributed by atoms with E-state index in [1.165, 1.54) is 0 Å². The summed E-state index contributed by atoms with van der Waals surface area (Å²) in [5.74, 6) is 1.56. The van der Waals surface area contributed by atoms with Gasteiger partial charge in [0.25, 0.3) is 5.91 Å². The van der Waals surface area contributed by atoms with Crippen LogP contribution in [0.4, 0.5) is 0 Å². The van der Waals surface area contributed by atoms with Crippen LogP contribution in [-0.2, 0) is 14.3 Å². The molecule has 0 N–H and O–H groups in total. The first-order chi connectivity index (χ1) is 17.8. The van der Waals surface area contributed by atoms with Crippen LogP contribution in [0.1, 0.15) is 30.6 Å². The summed E-state index contributed by atoms with van der Waals surface area (Å²) in [4.78, 5) is 30.2. The van der Waals surface area contributed by atoms with Crippen molar-refractivity contribution in [1.29, 1.82) is 0 Å². The van der Waals surface area contributed by atoms with Crippen molar-refractivity contribution in [2.24, 2.45) is 5.92 Å². The van der Waals surface area contributed by atoms with Crippen LogP contribution in [0.2, 0.25) is 5.02 Å². The number of rotatable bonds is 9. The van der Waals surface area contributed by atoms with Crippen LogP contribution < -0.4 is 9.47 Å². The van der Waals surface area contributed by atoms with Crippen molar-refractivity contribution in [3.8, 4) is 11.5 Å². The van der Waals surface area contributed by atoms with Crippen molar-refractivity contribution >= 4 is 23.4 Å². The Balaban J connectivity index is 1.48. The summed E-state index contributed by atoms with van der Waals surface area (Å²) >= 11 is 6.12. The average molecular weight is 531 g/mol. The number of halogens is 1. The largest absolute Gasteiger partial charge is 0.493 e. The van der Waals surface area contributed by atoms with Gasteiger partial charge in [0.15, 0.2) is 0 Å². The van der Waals surface area contributed by atoms with E-state index in [1.54, 1.807) is 46.2 Å². The van der Waals surface area contributed by atoms with Crippen molar-refractivity contribution < 1.29 is 28.5 Å². The second kappa shape index (κ2) is 12.6. The maximum atomic E-state index is 13.4. The number of amides is 2. The van der Waals surface area contributed by atoms with Gasteiger partial charge >= 0.3 is 0 Å². The highest BCUT2D eigenvalue weighted by Crippen LogP contribution is 2.28. The van der Waals surface area contributed by atoms with Gasteiger partial charge in [-0.05, 0) is 48.4 Å². The van der Waals surface area contributed by atoms with Gasteiger partial charge in [0.1, 0.15) is 23.7 Å². The molecule has 1 atom stereocenters. The van der Waals surface area contributed by atoms with E-state index in [1.807, 2.05) is 12.1 Å². The van der Waals surface area contributed by atoms with Gasteiger partial charge in [0, 0.05) is 30.2 Å². The lowest BCUT2D eigenvalue weighted by Crippen LogP contribution is -2.58. The van der Waals surface area contributed by atoms with Crippen LogP contribution >= 0.6 is 11.6 Å². The molecule has 0 aromatic heterocycles. The molecule has 0 radical (unpaired) electrons. The van der Waals surface area contributed by atoms with Crippen molar-refractivity contribution in [2.75, 3.05) is 59.2 Å². The molecule has 2 amide bonds. The zero-order valence-corrected chi connectivity index (χ0v) is 22.2. The minimum Gasteiger partial charge on any atom is -0.493 e. The van der Waals surface area contributed by atoms with E-state index in [2.05, 4.69) is 13.8 Å². The molecular weight excluding hydrogens is 496 g/mol. The Morgan fingerprint density at radius 3 is 2.41 bits per heavy atom. The molecule has 0 aliphatic carbocycles. The lowest BCUT2D eigenvalue weighted by Gasteiger charge is -2.43. The molecule has 2 heterocycles. The highest BCUT2D eigenvalue weighted by molar-refractivity contribution is 6.30. The molecule has 2 aromatic rings. The normalized spacial score (nSPS) is 20.1. The standard InChI is InChI=1S/C28H35ClN2O6/c1-21(2)18-35-24-8-6-22(7-9-24)27(33)31-12-15-37-28(19-31,17-26(32)30-10-13-34-14-11-30)20-36-25-5-3-4-23(29)16-25/h3-9,16,21H,10-15,17-20H2,1-2H3/t28-/m1/s1. The minimum absolute atomic E-state index is 0.0426. The van der Waals surface area contributed by atoms with E-state index in [0.717, 1.165) is 5.75 Å². The lowest BCUT2D eigenvalue weighted by atomic mass is 9.96. The van der Waals surface area contributed by atoms with Gasteiger partial charge in [-0.3, -0.25) is 9.59 Å². The van der Waals surface area contributed by atoms with Crippen molar-refractivity contribution in [2.45, 2.75) is 25.9 Å². The average Bonchev–Trinajstić information content (AvgIpc) is 2.91. The summed E-state index contributed by atoms with van der Waals surface area (Å²) in [6.07, 6.45) is 0.0966. The zero-order valence-electron chi connectivity index (χ0n) is 21.5. The number of ether oxygens (including phenoxy) is 4. The van der Waals surface area contributed by atoms with Crippen molar-refractivity contribution in [3.63, 3.8) is 0 Å². The first kappa shape index (κ1) is 27.2. The Hall–Kier alpha value is -2.81. The van der Waals surface area contributed by atoms with Gasteiger partial charge in [-0.25, -0.2) is 0 Å². The molecular formula is C28H35ClN2O6. The van der Waals surface area contributed by atoms with Crippen molar-refractivity contribution in [1.82, 2.24) is 9.80 Å². The number of nitrogens with zero attached hydrogens (tertiary/aromatic N) is 2. The minimum atomic E-state index is -0.994. The monoisotopic (exact) mass is 530 g/mol. The molecule has 37 heavy (non-hydrogen) atoms. The van der Waals surface area contributed by atoms with Gasteiger partial charge in [-0.2, -0.15) is 0 Å². The second-order valence-corrected chi connectivity index (χ2v) is 10.3. The fraction of sp³-hybridized carbons (Fsp3) is 0.500. The fourth-order valence-corrected chi connectivity index (χ4v) is 4.55. The number of hydrogen-bond acceptors (Lipinski definition) is 6. The van der Waals surface area contributed by atoms with Crippen LogP contribution in [0.3, 0.4) is 0 Å². The van der Waals surface area contributed by atoms with Gasteiger partial charge in [-0.1, -0.05) is 31.5 Å². The smallest absolute Gasteiger partial charge is 0.254 e. The molecule has 0 saturated carbocycles. The molecule has 2 aliphatic rings. The highest BCUT2D eigenvalue weighted by atomic mass is 35.5. The van der Waals surface area contributed by atoms with Crippen molar-refractivity contribution in [3.05, 3.63) is 59.1 Å². The molecule has 0 spiro atoms. The van der Waals surface area contributed by atoms with E-state index in [9.17, 15) is 9.59 Å². The molecule has 2 aromatic carbocycles. The van der Waals surface area contributed by atoms with Gasteiger partial charge in [0.05, 0.1) is 39.4 Å². The van der Waals surface area contributed by atoms with Crippen LogP contribution in [0.5, 0.6) is 11.5 Å². The summed E-state index contributed by atoms with van der Waals surface area (Å²) in [6.45, 7) is 7.96. The summed E-state index contributed by atoms with van der Waals surface area (Å²) in [5, 5.41) is 0.554. The number of carbonyl (C=O) groups excluding carboxylic acids is 2. The topological polar surface area (TPSA) is 77.5 Å². The van der Waals surface area contributed by atoms with Crippen LogP contribution in [0, 0.1) is 5.92 Å². The van der Waals surface area contributed by atoms with Gasteiger partial charge < -0.3 is 28.7 Å². The van der Waals surface area contributed by atoms with E-state index in [-0.39, 0.29) is 31.4 Å². The first-order valence-electron chi connectivity index (χ1n) is 12.7. The Kier molecular flexibility index (Phi) is 9.29. The quantitative estimate of drug-likeness (QED) is 0.489. The Bertz CT molecular complexity index is 1060. The summed E-state index contributed by atoms with van der Waals surface area (Å²) < 4.78 is 23.4. The predicted molar refractivity (Wildman–Crippen MR) is 140 cm³/mol. The van der Waals surface area contributed by atoms with Gasteiger partial charge in [-0.15, -0.1) is 0 Å². The highest BCUT2D eigenvalue weighted by Gasteiger charge is 2.42. The molecule has 200 valence electrons. The predicted octanol–water partition coefficient (Wildman–Crippen LogP) is 3.91. The second-order valence-electron chi connectivity index (χ2n) is 9.90. The molecule has 0 unspecified atom stereocenters. The maximum Gasteiger partial charge on any atom is 0.254 e.